The maximum absolute atomic E-state index is 13.0. The minimum Gasteiger partial charge on any atom is -0.325 e. The van der Waals surface area contributed by atoms with Crippen LogP contribution in [0.2, 0.25) is 0 Å². The van der Waals surface area contributed by atoms with Crippen LogP contribution in [-0.4, -0.2) is 42.1 Å². The number of hydrogen-bond donors (Lipinski definition) is 0. The third kappa shape index (κ3) is 3.49. The summed E-state index contributed by atoms with van der Waals surface area (Å²) in [6, 6.07) is 10.9. The monoisotopic (exact) mass is 354 g/mol. The third-order valence-electron chi connectivity index (χ3n) is 4.46. The van der Waals surface area contributed by atoms with Crippen molar-refractivity contribution in [2.24, 2.45) is 0 Å². The number of carbonyl (C=O) groups excluding carboxylic acids is 3. The minimum atomic E-state index is -0.701. The van der Waals surface area contributed by atoms with Crippen molar-refractivity contribution >= 4 is 23.3 Å². The number of anilines is 1. The molecule has 5 nitrogen and oxygen atoms in total. The van der Waals surface area contributed by atoms with Gasteiger partial charge in [-0.2, -0.15) is 0 Å². The zero-order valence-corrected chi connectivity index (χ0v) is 14.7. The Labute approximate surface area is 151 Å². The molecule has 134 valence electrons. The number of benzene rings is 2. The number of carbonyl (C=O) groups is 3. The molecule has 6 heteroatoms. The summed E-state index contributed by atoms with van der Waals surface area (Å²) in [6.07, 6.45) is 0. The molecule has 1 aliphatic heterocycles. The van der Waals surface area contributed by atoms with E-state index in [4.69, 9.17) is 0 Å². The Hall–Kier alpha value is -3.02. The highest BCUT2D eigenvalue weighted by atomic mass is 19.1. The van der Waals surface area contributed by atoms with E-state index in [2.05, 4.69) is 0 Å². The van der Waals surface area contributed by atoms with Crippen molar-refractivity contribution in [3.05, 3.63) is 65.0 Å². The molecule has 0 saturated carbocycles. The lowest BCUT2D eigenvalue weighted by Gasteiger charge is -2.34. The number of nitrogens with zero attached hydrogens (tertiary/aromatic N) is 2. The van der Waals surface area contributed by atoms with Crippen LogP contribution in [0, 0.1) is 19.7 Å². The van der Waals surface area contributed by atoms with Gasteiger partial charge in [-0.25, -0.2) is 4.39 Å². The standard InChI is InChI=1S/C20H19FN2O3/c1-13-3-4-14(2)17(11-13)23-10-9-22(19(25)20(23)26)12-18(24)15-5-7-16(21)8-6-15/h3-8,11H,9-10,12H2,1-2H3. The Morgan fingerprint density at radius 1 is 1.00 bits per heavy atom. The predicted octanol–water partition coefficient (Wildman–Crippen LogP) is 2.50. The van der Waals surface area contributed by atoms with Gasteiger partial charge in [-0.3, -0.25) is 14.4 Å². The lowest BCUT2D eigenvalue weighted by atomic mass is 10.1. The highest BCUT2D eigenvalue weighted by molar-refractivity contribution is 6.41. The van der Waals surface area contributed by atoms with E-state index in [1.165, 1.54) is 34.1 Å². The maximum atomic E-state index is 13.0. The molecular weight excluding hydrogens is 335 g/mol. The predicted molar refractivity (Wildman–Crippen MR) is 95.6 cm³/mol. The first-order chi connectivity index (χ1) is 12.4. The summed E-state index contributed by atoms with van der Waals surface area (Å²) in [4.78, 5) is 40.0. The second kappa shape index (κ2) is 7.07. The van der Waals surface area contributed by atoms with Gasteiger partial charge >= 0.3 is 11.8 Å². The Bertz CT molecular complexity index is 877. The quantitative estimate of drug-likeness (QED) is 0.626. The average Bonchev–Trinajstić information content (AvgIpc) is 2.62. The van der Waals surface area contributed by atoms with Crippen LogP contribution in [0.4, 0.5) is 10.1 Å². The van der Waals surface area contributed by atoms with Crippen molar-refractivity contribution in [1.29, 1.82) is 0 Å². The SMILES string of the molecule is Cc1ccc(C)c(N2CCN(CC(=O)c3ccc(F)cc3)C(=O)C2=O)c1. The maximum Gasteiger partial charge on any atom is 0.316 e. The summed E-state index contributed by atoms with van der Waals surface area (Å²) >= 11 is 0. The molecule has 0 unspecified atom stereocenters. The first-order valence-corrected chi connectivity index (χ1v) is 8.33. The molecule has 26 heavy (non-hydrogen) atoms. The van der Waals surface area contributed by atoms with Gasteiger partial charge in [0.25, 0.3) is 0 Å². The van der Waals surface area contributed by atoms with Crippen molar-refractivity contribution in [2.75, 3.05) is 24.5 Å². The molecule has 0 N–H and O–H groups in total. The number of piperazine rings is 1. The first-order valence-electron chi connectivity index (χ1n) is 8.33. The summed E-state index contributed by atoms with van der Waals surface area (Å²) < 4.78 is 13.0. The molecule has 0 bridgehead atoms. The largest absolute Gasteiger partial charge is 0.325 e. The molecule has 0 aliphatic carbocycles. The van der Waals surface area contributed by atoms with Gasteiger partial charge in [0.05, 0.1) is 6.54 Å². The smallest absolute Gasteiger partial charge is 0.316 e. The fourth-order valence-corrected chi connectivity index (χ4v) is 2.97. The van der Waals surface area contributed by atoms with Crippen LogP contribution in [0.3, 0.4) is 0 Å². The van der Waals surface area contributed by atoms with E-state index < -0.39 is 17.6 Å². The highest BCUT2D eigenvalue weighted by Gasteiger charge is 2.34. The molecule has 2 aromatic carbocycles. The van der Waals surface area contributed by atoms with Crippen LogP contribution in [-0.2, 0) is 9.59 Å². The summed E-state index contributed by atoms with van der Waals surface area (Å²) in [5, 5.41) is 0. The molecule has 0 radical (unpaired) electrons. The molecule has 0 aromatic heterocycles. The number of Topliss-reactive ketones (excluding diaryl/α,β-unsaturated/α-hetero) is 1. The van der Waals surface area contributed by atoms with E-state index in [0.717, 1.165) is 11.1 Å². The van der Waals surface area contributed by atoms with E-state index >= 15 is 0 Å². The number of ketones is 1. The normalized spacial score (nSPS) is 14.7. The van der Waals surface area contributed by atoms with Gasteiger partial charge in [-0.1, -0.05) is 12.1 Å². The van der Waals surface area contributed by atoms with Gasteiger partial charge < -0.3 is 9.80 Å². The van der Waals surface area contributed by atoms with E-state index in [9.17, 15) is 18.8 Å². The summed E-state index contributed by atoms with van der Waals surface area (Å²) in [6.45, 7) is 4.21. The van der Waals surface area contributed by atoms with Crippen LogP contribution in [0.15, 0.2) is 42.5 Å². The van der Waals surface area contributed by atoms with Crippen molar-refractivity contribution in [3.8, 4) is 0 Å². The van der Waals surface area contributed by atoms with Crippen molar-refractivity contribution in [1.82, 2.24) is 4.90 Å². The fraction of sp³-hybridized carbons (Fsp3) is 0.250. The zero-order chi connectivity index (χ0) is 18.8. The average molecular weight is 354 g/mol. The molecule has 1 aliphatic rings. The van der Waals surface area contributed by atoms with Crippen LogP contribution < -0.4 is 4.90 Å². The second-order valence-corrected chi connectivity index (χ2v) is 6.40. The number of amides is 2. The van der Waals surface area contributed by atoms with E-state index in [1.807, 2.05) is 32.0 Å². The number of aryl methyl sites for hydroxylation is 2. The Balaban J connectivity index is 1.73. The first kappa shape index (κ1) is 17.8. The fourth-order valence-electron chi connectivity index (χ4n) is 2.97. The molecule has 2 amide bonds. The van der Waals surface area contributed by atoms with Crippen LogP contribution in [0.1, 0.15) is 21.5 Å². The topological polar surface area (TPSA) is 57.7 Å². The van der Waals surface area contributed by atoms with Crippen LogP contribution in [0.5, 0.6) is 0 Å². The minimum absolute atomic E-state index is 0.198. The second-order valence-electron chi connectivity index (χ2n) is 6.40. The van der Waals surface area contributed by atoms with Gasteiger partial charge in [0, 0.05) is 24.3 Å². The number of halogens is 1. The van der Waals surface area contributed by atoms with E-state index in [-0.39, 0.29) is 18.9 Å². The summed E-state index contributed by atoms with van der Waals surface area (Å²) in [5.74, 6) is -2.11. The molecule has 2 aromatic rings. The summed E-state index contributed by atoms with van der Waals surface area (Å²) in [7, 11) is 0. The number of hydrogen-bond acceptors (Lipinski definition) is 3. The zero-order valence-electron chi connectivity index (χ0n) is 14.7. The van der Waals surface area contributed by atoms with Gasteiger partial charge in [-0.05, 0) is 55.3 Å². The van der Waals surface area contributed by atoms with Gasteiger partial charge in [0.2, 0.25) is 0 Å². The Kier molecular flexibility index (Phi) is 4.84. The van der Waals surface area contributed by atoms with E-state index in [1.54, 1.807) is 0 Å². The number of rotatable bonds is 4. The molecule has 1 heterocycles. The van der Waals surface area contributed by atoms with Gasteiger partial charge in [-0.15, -0.1) is 0 Å². The molecule has 0 spiro atoms. The molecular formula is C20H19FN2O3. The lowest BCUT2D eigenvalue weighted by Crippen LogP contribution is -2.55. The lowest BCUT2D eigenvalue weighted by molar-refractivity contribution is -0.145. The van der Waals surface area contributed by atoms with Crippen molar-refractivity contribution in [3.63, 3.8) is 0 Å². The summed E-state index contributed by atoms with van der Waals surface area (Å²) in [5.41, 5.74) is 2.93. The van der Waals surface area contributed by atoms with Crippen LogP contribution >= 0.6 is 0 Å². The molecule has 0 atom stereocenters. The van der Waals surface area contributed by atoms with Gasteiger partial charge in [0.15, 0.2) is 5.78 Å². The third-order valence-corrected chi connectivity index (χ3v) is 4.46. The Morgan fingerprint density at radius 3 is 2.38 bits per heavy atom. The van der Waals surface area contributed by atoms with Crippen molar-refractivity contribution in [2.45, 2.75) is 13.8 Å². The van der Waals surface area contributed by atoms with E-state index in [0.29, 0.717) is 17.8 Å². The van der Waals surface area contributed by atoms with Crippen molar-refractivity contribution < 1.29 is 18.8 Å². The highest BCUT2D eigenvalue weighted by Crippen LogP contribution is 2.24. The Morgan fingerprint density at radius 2 is 1.69 bits per heavy atom. The molecule has 1 saturated heterocycles. The van der Waals surface area contributed by atoms with Crippen LogP contribution in [0.25, 0.3) is 0 Å². The van der Waals surface area contributed by atoms with Gasteiger partial charge in [0.1, 0.15) is 5.82 Å². The molecule has 1 fully saturated rings. The molecule has 3 rings (SSSR count).